The highest BCUT2D eigenvalue weighted by molar-refractivity contribution is 5.95. The largest absolute Gasteiger partial charge is 0.345 e. The fourth-order valence-electron chi connectivity index (χ4n) is 2.16. The highest BCUT2D eigenvalue weighted by Crippen LogP contribution is 2.27. The van der Waals surface area contributed by atoms with Gasteiger partial charge in [0.05, 0.1) is 6.54 Å². The molecular formula is C13H24N2O2. The van der Waals surface area contributed by atoms with Crippen LogP contribution in [0.5, 0.6) is 0 Å². The molecule has 0 aromatic heterocycles. The van der Waals surface area contributed by atoms with Gasteiger partial charge in [0.2, 0.25) is 11.8 Å². The predicted molar refractivity (Wildman–Crippen MR) is 67.4 cm³/mol. The van der Waals surface area contributed by atoms with Crippen molar-refractivity contribution < 1.29 is 9.59 Å². The molecule has 1 N–H and O–H groups in total. The van der Waals surface area contributed by atoms with Gasteiger partial charge >= 0.3 is 0 Å². The summed E-state index contributed by atoms with van der Waals surface area (Å²) in [6, 6.07) is -0.345. The minimum absolute atomic E-state index is 0.0270. The van der Waals surface area contributed by atoms with E-state index in [0.717, 1.165) is 6.42 Å². The van der Waals surface area contributed by atoms with Crippen LogP contribution in [-0.4, -0.2) is 35.8 Å². The van der Waals surface area contributed by atoms with Gasteiger partial charge in [0.15, 0.2) is 0 Å². The number of rotatable bonds is 3. The molecule has 4 nitrogen and oxygen atoms in total. The van der Waals surface area contributed by atoms with Crippen molar-refractivity contribution in [3.05, 3.63) is 0 Å². The van der Waals surface area contributed by atoms with Gasteiger partial charge in [-0.15, -0.1) is 0 Å². The quantitative estimate of drug-likeness (QED) is 0.810. The lowest BCUT2D eigenvalue weighted by Crippen LogP contribution is -2.62. The minimum atomic E-state index is -0.345. The van der Waals surface area contributed by atoms with Crippen molar-refractivity contribution in [2.75, 3.05) is 13.1 Å². The monoisotopic (exact) mass is 240 g/mol. The van der Waals surface area contributed by atoms with E-state index in [1.54, 1.807) is 4.90 Å². The Labute approximate surface area is 104 Å². The maximum absolute atomic E-state index is 11.9. The average molecular weight is 240 g/mol. The molecule has 0 aliphatic carbocycles. The highest BCUT2D eigenvalue weighted by Gasteiger charge is 2.41. The number of hydrogen-bond donors (Lipinski definition) is 1. The molecule has 1 atom stereocenters. The number of piperazine rings is 1. The lowest BCUT2D eigenvalue weighted by atomic mass is 9.83. The third-order valence-electron chi connectivity index (χ3n) is 3.06. The summed E-state index contributed by atoms with van der Waals surface area (Å²) in [6.07, 6.45) is 0.936. The number of nitrogens with one attached hydrogen (secondary N) is 1. The van der Waals surface area contributed by atoms with Crippen LogP contribution < -0.4 is 5.32 Å². The summed E-state index contributed by atoms with van der Waals surface area (Å²) < 4.78 is 0. The van der Waals surface area contributed by atoms with E-state index in [2.05, 4.69) is 19.2 Å². The minimum Gasteiger partial charge on any atom is -0.345 e. The molecule has 0 aromatic carbocycles. The van der Waals surface area contributed by atoms with Gasteiger partial charge in [-0.2, -0.15) is 0 Å². The summed E-state index contributed by atoms with van der Waals surface area (Å²) in [4.78, 5) is 25.6. The Bertz CT molecular complexity index is 305. The molecule has 2 amide bonds. The predicted octanol–water partition coefficient (Wildman–Crippen LogP) is 1.41. The first-order chi connectivity index (χ1) is 7.73. The van der Waals surface area contributed by atoms with Gasteiger partial charge in [0.25, 0.3) is 0 Å². The third kappa shape index (κ3) is 3.45. The summed E-state index contributed by atoms with van der Waals surface area (Å²) in [7, 11) is 0. The van der Waals surface area contributed by atoms with Gasteiger partial charge in [-0.3, -0.25) is 9.59 Å². The second-order valence-electron chi connectivity index (χ2n) is 6.26. The normalized spacial score (nSPS) is 22.0. The van der Waals surface area contributed by atoms with Crippen molar-refractivity contribution in [3.63, 3.8) is 0 Å². The number of amides is 2. The van der Waals surface area contributed by atoms with Crippen LogP contribution in [-0.2, 0) is 9.59 Å². The van der Waals surface area contributed by atoms with Crippen molar-refractivity contribution in [1.82, 2.24) is 10.2 Å². The first kappa shape index (κ1) is 14.0. The summed E-state index contributed by atoms with van der Waals surface area (Å²) in [5.74, 6) is 0.541. The molecule has 1 aliphatic heterocycles. The molecule has 1 fully saturated rings. The third-order valence-corrected chi connectivity index (χ3v) is 3.06. The van der Waals surface area contributed by atoms with Crippen LogP contribution in [0.4, 0.5) is 0 Å². The molecule has 0 aromatic rings. The van der Waals surface area contributed by atoms with E-state index in [1.807, 2.05) is 20.8 Å². The van der Waals surface area contributed by atoms with Gasteiger partial charge < -0.3 is 10.2 Å². The highest BCUT2D eigenvalue weighted by atomic mass is 16.2. The van der Waals surface area contributed by atoms with Crippen LogP contribution in [0.1, 0.15) is 41.0 Å². The molecule has 0 spiro atoms. The van der Waals surface area contributed by atoms with E-state index in [4.69, 9.17) is 0 Å². The Balaban J connectivity index is 2.85. The summed E-state index contributed by atoms with van der Waals surface area (Å²) >= 11 is 0. The van der Waals surface area contributed by atoms with E-state index in [1.165, 1.54) is 0 Å². The lowest BCUT2D eigenvalue weighted by molar-refractivity contribution is -0.150. The molecule has 0 radical (unpaired) electrons. The van der Waals surface area contributed by atoms with Crippen LogP contribution in [0.3, 0.4) is 0 Å². The molecule has 1 saturated heterocycles. The fourth-order valence-corrected chi connectivity index (χ4v) is 2.16. The molecule has 1 unspecified atom stereocenters. The van der Waals surface area contributed by atoms with Crippen molar-refractivity contribution in [2.45, 2.75) is 47.1 Å². The second-order valence-corrected chi connectivity index (χ2v) is 6.26. The van der Waals surface area contributed by atoms with E-state index in [0.29, 0.717) is 12.5 Å². The second kappa shape index (κ2) is 5.07. The van der Waals surface area contributed by atoms with Crippen molar-refractivity contribution in [1.29, 1.82) is 0 Å². The summed E-state index contributed by atoms with van der Waals surface area (Å²) in [5.41, 5.74) is -0.225. The van der Waals surface area contributed by atoms with Crippen molar-refractivity contribution in [2.24, 2.45) is 11.3 Å². The Morgan fingerprint density at radius 3 is 2.41 bits per heavy atom. The van der Waals surface area contributed by atoms with E-state index in [9.17, 15) is 9.59 Å². The zero-order valence-corrected chi connectivity index (χ0v) is 11.5. The number of carbonyl (C=O) groups excluding carboxylic acids is 2. The van der Waals surface area contributed by atoms with Gasteiger partial charge in [0, 0.05) is 6.54 Å². The molecule has 0 saturated carbocycles. The zero-order chi connectivity index (χ0) is 13.2. The SMILES string of the molecule is CC(C)CCN1C(=O)CNC(=O)C1C(C)(C)C. The van der Waals surface area contributed by atoms with Gasteiger partial charge in [0.1, 0.15) is 6.04 Å². The number of nitrogens with zero attached hydrogens (tertiary/aromatic N) is 1. The van der Waals surface area contributed by atoms with Crippen molar-refractivity contribution in [3.8, 4) is 0 Å². The van der Waals surface area contributed by atoms with Crippen LogP contribution in [0.25, 0.3) is 0 Å². The van der Waals surface area contributed by atoms with Gasteiger partial charge in [-0.1, -0.05) is 34.6 Å². The molecule has 1 aliphatic rings. The van der Waals surface area contributed by atoms with Crippen molar-refractivity contribution >= 4 is 11.8 Å². The fraction of sp³-hybridized carbons (Fsp3) is 0.846. The van der Waals surface area contributed by atoms with Crippen LogP contribution in [0, 0.1) is 11.3 Å². The van der Waals surface area contributed by atoms with Crippen LogP contribution >= 0.6 is 0 Å². The Morgan fingerprint density at radius 1 is 1.35 bits per heavy atom. The zero-order valence-electron chi connectivity index (χ0n) is 11.5. The topological polar surface area (TPSA) is 49.4 Å². The summed E-state index contributed by atoms with van der Waals surface area (Å²) in [6.45, 7) is 11.1. The molecule has 1 rings (SSSR count). The first-order valence-electron chi connectivity index (χ1n) is 6.30. The molecular weight excluding hydrogens is 216 g/mol. The Morgan fingerprint density at radius 2 is 1.94 bits per heavy atom. The number of hydrogen-bond acceptors (Lipinski definition) is 2. The maximum atomic E-state index is 11.9. The van der Waals surface area contributed by atoms with E-state index < -0.39 is 0 Å². The standard InChI is InChI=1S/C13H24N2O2/c1-9(2)6-7-15-10(16)8-14-12(17)11(15)13(3,4)5/h9,11H,6-8H2,1-5H3,(H,14,17). The average Bonchev–Trinajstić information content (AvgIpc) is 2.17. The summed E-state index contributed by atoms with van der Waals surface area (Å²) in [5, 5.41) is 2.68. The first-order valence-corrected chi connectivity index (χ1v) is 6.30. The van der Waals surface area contributed by atoms with Gasteiger partial charge in [-0.05, 0) is 17.8 Å². The molecule has 1 heterocycles. The number of carbonyl (C=O) groups is 2. The van der Waals surface area contributed by atoms with Crippen LogP contribution in [0.15, 0.2) is 0 Å². The van der Waals surface area contributed by atoms with Gasteiger partial charge in [-0.25, -0.2) is 0 Å². The van der Waals surface area contributed by atoms with Crippen LogP contribution in [0.2, 0.25) is 0 Å². The van der Waals surface area contributed by atoms with E-state index in [-0.39, 0.29) is 29.8 Å². The smallest absolute Gasteiger partial charge is 0.243 e. The maximum Gasteiger partial charge on any atom is 0.243 e. The molecule has 4 heteroatoms. The molecule has 17 heavy (non-hydrogen) atoms. The Kier molecular flexibility index (Phi) is 4.17. The molecule has 98 valence electrons. The molecule has 0 bridgehead atoms. The Hall–Kier alpha value is -1.06. The van der Waals surface area contributed by atoms with E-state index >= 15 is 0 Å². The lowest BCUT2D eigenvalue weighted by Gasteiger charge is -2.42.